The maximum absolute atomic E-state index is 9.99. The second-order valence-electron chi connectivity index (χ2n) is 14.0. The van der Waals surface area contributed by atoms with Crippen molar-refractivity contribution < 1.29 is 9.53 Å². The fourth-order valence-corrected chi connectivity index (χ4v) is 11.8. The molecule has 3 rings (SSSR count). The van der Waals surface area contributed by atoms with Crippen LogP contribution in [0.5, 0.6) is 0 Å². The van der Waals surface area contributed by atoms with Gasteiger partial charge in [0.1, 0.15) is 0 Å². The van der Waals surface area contributed by atoms with Crippen molar-refractivity contribution in [3.63, 3.8) is 0 Å². The summed E-state index contributed by atoms with van der Waals surface area (Å²) in [6.07, 6.45) is 4.77. The maximum Gasteiger partial charge on any atom is 0.261 e. The molecule has 0 unspecified atom stereocenters. The largest absolute Gasteiger partial charge is 0.407 e. The van der Waals surface area contributed by atoms with Crippen LogP contribution in [0, 0.1) is 34.5 Å². The van der Waals surface area contributed by atoms with Crippen LogP contribution in [0.25, 0.3) is 0 Å². The first kappa shape index (κ1) is 30.1. The van der Waals surface area contributed by atoms with Crippen molar-refractivity contribution in [2.75, 3.05) is 13.2 Å². The van der Waals surface area contributed by atoms with Crippen LogP contribution < -0.4 is 10.4 Å². The molecule has 2 aromatic rings. The smallest absolute Gasteiger partial charge is 0.261 e. The molecule has 1 aliphatic rings. The zero-order valence-corrected chi connectivity index (χ0v) is 26.2. The van der Waals surface area contributed by atoms with E-state index >= 15 is 0 Å². The van der Waals surface area contributed by atoms with Gasteiger partial charge in [0.05, 0.1) is 0 Å². The predicted octanol–water partition coefficient (Wildman–Crippen LogP) is 7.69. The lowest BCUT2D eigenvalue weighted by molar-refractivity contribution is 0.00791. The van der Waals surface area contributed by atoms with Crippen LogP contribution >= 0.6 is 0 Å². The van der Waals surface area contributed by atoms with E-state index in [2.05, 4.69) is 123 Å². The van der Waals surface area contributed by atoms with Gasteiger partial charge in [0.2, 0.25) is 0 Å². The van der Waals surface area contributed by atoms with Gasteiger partial charge < -0.3 is 9.53 Å². The van der Waals surface area contributed by atoms with Crippen molar-refractivity contribution in [2.45, 2.75) is 93.0 Å². The zero-order valence-electron chi connectivity index (χ0n) is 25.2. The van der Waals surface area contributed by atoms with Crippen molar-refractivity contribution in [3.8, 4) is 0 Å². The van der Waals surface area contributed by atoms with E-state index in [0.717, 1.165) is 13.0 Å². The lowest BCUT2D eigenvalue weighted by atomic mass is 9.59. The molecule has 2 nitrogen and oxygen atoms in total. The highest BCUT2D eigenvalue weighted by molar-refractivity contribution is 6.99. The molecule has 0 aliphatic heterocycles. The molecule has 4 atom stereocenters. The molecule has 0 spiro atoms. The lowest BCUT2D eigenvalue weighted by Crippen LogP contribution is -2.67. The molecule has 1 saturated carbocycles. The quantitative estimate of drug-likeness (QED) is 0.307. The van der Waals surface area contributed by atoms with Crippen molar-refractivity contribution in [1.82, 2.24) is 0 Å². The molecule has 1 fully saturated rings. The summed E-state index contributed by atoms with van der Waals surface area (Å²) in [6, 6.07) is 22.0. The normalized spacial score (nSPS) is 23.8. The lowest BCUT2D eigenvalue weighted by Gasteiger charge is -2.46. The molecule has 37 heavy (non-hydrogen) atoms. The van der Waals surface area contributed by atoms with E-state index in [0.29, 0.717) is 30.3 Å². The van der Waals surface area contributed by atoms with Gasteiger partial charge in [-0.2, -0.15) is 0 Å². The standard InChI is InChI=1S/C34H54O2Si/c1-26(2)28(21-20-27(3)34(9)23-22-29(24-35)33(34,7)8)25-36-37(32(4,5)6,30-16-12-10-13-17-30)31-18-14-11-15-19-31/h10-19,26-29,35H,20-25H2,1-9H3/t27-,28+,29-,34+/m0/s1. The Labute approximate surface area is 229 Å². The summed E-state index contributed by atoms with van der Waals surface area (Å²) in [7, 11) is -2.52. The average Bonchev–Trinajstić information content (AvgIpc) is 3.10. The van der Waals surface area contributed by atoms with E-state index in [1.165, 1.54) is 29.6 Å². The van der Waals surface area contributed by atoms with Crippen molar-refractivity contribution >= 4 is 18.7 Å². The third-order valence-corrected chi connectivity index (χ3v) is 15.7. The Hall–Kier alpha value is -1.42. The van der Waals surface area contributed by atoms with E-state index in [-0.39, 0.29) is 15.9 Å². The van der Waals surface area contributed by atoms with E-state index in [1.54, 1.807) is 0 Å². The summed E-state index contributed by atoms with van der Waals surface area (Å²) in [5, 5.41) is 12.7. The van der Waals surface area contributed by atoms with Crippen LogP contribution in [0.3, 0.4) is 0 Å². The highest BCUT2D eigenvalue weighted by Gasteiger charge is 2.53. The Kier molecular flexibility index (Phi) is 9.57. The summed E-state index contributed by atoms with van der Waals surface area (Å²) < 4.78 is 7.35. The molecule has 206 valence electrons. The fourth-order valence-electron chi connectivity index (χ4n) is 7.21. The molecular formula is C34H54O2Si. The van der Waals surface area contributed by atoms with E-state index in [4.69, 9.17) is 4.43 Å². The molecular weight excluding hydrogens is 468 g/mol. The first-order chi connectivity index (χ1) is 17.3. The minimum Gasteiger partial charge on any atom is -0.407 e. The second-order valence-corrected chi connectivity index (χ2v) is 18.3. The van der Waals surface area contributed by atoms with E-state index < -0.39 is 8.32 Å². The van der Waals surface area contributed by atoms with Crippen LogP contribution in [-0.2, 0) is 4.43 Å². The number of aliphatic hydroxyl groups is 1. The molecule has 0 amide bonds. The third kappa shape index (κ3) is 5.79. The summed E-state index contributed by atoms with van der Waals surface area (Å²) in [4.78, 5) is 0. The Balaban J connectivity index is 1.85. The van der Waals surface area contributed by atoms with Gasteiger partial charge in [0.25, 0.3) is 8.32 Å². The topological polar surface area (TPSA) is 29.5 Å². The molecule has 0 aromatic heterocycles. The number of hydrogen-bond acceptors (Lipinski definition) is 2. The van der Waals surface area contributed by atoms with Gasteiger partial charge in [-0.1, -0.05) is 123 Å². The Morgan fingerprint density at radius 2 is 1.41 bits per heavy atom. The van der Waals surface area contributed by atoms with E-state index in [1.807, 2.05) is 0 Å². The Morgan fingerprint density at radius 3 is 1.81 bits per heavy atom. The molecule has 2 aromatic carbocycles. The van der Waals surface area contributed by atoms with Gasteiger partial charge in [-0.25, -0.2) is 0 Å². The van der Waals surface area contributed by atoms with E-state index in [9.17, 15) is 5.11 Å². The number of rotatable bonds is 11. The fraction of sp³-hybridized carbons (Fsp3) is 0.647. The highest BCUT2D eigenvalue weighted by atomic mass is 28.4. The van der Waals surface area contributed by atoms with Crippen LogP contribution in [0.1, 0.15) is 88.0 Å². The Morgan fingerprint density at radius 1 is 0.892 bits per heavy atom. The summed E-state index contributed by atoms with van der Waals surface area (Å²) >= 11 is 0. The third-order valence-electron chi connectivity index (χ3n) is 10.7. The first-order valence-electron chi connectivity index (χ1n) is 14.7. The van der Waals surface area contributed by atoms with Crippen LogP contribution in [0.2, 0.25) is 5.04 Å². The summed E-state index contributed by atoms with van der Waals surface area (Å²) in [5.41, 5.74) is 0.431. The highest BCUT2D eigenvalue weighted by Crippen LogP contribution is 2.60. The van der Waals surface area contributed by atoms with Gasteiger partial charge >= 0.3 is 0 Å². The van der Waals surface area contributed by atoms with Crippen LogP contribution in [-0.4, -0.2) is 26.6 Å². The van der Waals surface area contributed by atoms with Crippen molar-refractivity contribution in [1.29, 1.82) is 0 Å². The predicted molar refractivity (Wildman–Crippen MR) is 162 cm³/mol. The maximum atomic E-state index is 9.99. The molecule has 3 heteroatoms. The van der Waals surface area contributed by atoms with Crippen molar-refractivity contribution in [3.05, 3.63) is 60.7 Å². The summed E-state index contributed by atoms with van der Waals surface area (Å²) in [6.45, 7) is 22.7. The molecule has 0 radical (unpaired) electrons. The molecule has 0 bridgehead atoms. The summed E-state index contributed by atoms with van der Waals surface area (Å²) in [5.74, 6) is 2.12. The minimum absolute atomic E-state index is 0.00514. The molecule has 1 N–H and O–H groups in total. The minimum atomic E-state index is -2.52. The van der Waals surface area contributed by atoms with Crippen LogP contribution in [0.4, 0.5) is 0 Å². The van der Waals surface area contributed by atoms with Gasteiger partial charge in [-0.3, -0.25) is 0 Å². The number of hydrogen-bond donors (Lipinski definition) is 1. The van der Waals surface area contributed by atoms with Crippen LogP contribution in [0.15, 0.2) is 60.7 Å². The number of aliphatic hydroxyl groups excluding tert-OH is 1. The van der Waals surface area contributed by atoms with Gasteiger partial charge in [-0.15, -0.1) is 0 Å². The molecule has 0 saturated heterocycles. The molecule has 1 aliphatic carbocycles. The van der Waals surface area contributed by atoms with Gasteiger partial charge in [0, 0.05) is 13.2 Å². The first-order valence-corrected chi connectivity index (χ1v) is 16.6. The second kappa shape index (κ2) is 11.8. The van der Waals surface area contributed by atoms with Gasteiger partial charge in [0.15, 0.2) is 0 Å². The average molecular weight is 523 g/mol. The zero-order chi connectivity index (χ0) is 27.5. The molecule has 0 heterocycles. The SMILES string of the molecule is CC(C)[C@H](CC[C@H](C)[C@@]1(C)CC[C@@H](CO)C1(C)C)CO[Si](c1ccccc1)(c1ccccc1)C(C)(C)C. The Bertz CT molecular complexity index is 923. The monoisotopic (exact) mass is 522 g/mol. The van der Waals surface area contributed by atoms with Gasteiger partial charge in [-0.05, 0) is 75.6 Å². The van der Waals surface area contributed by atoms with Crippen molar-refractivity contribution in [2.24, 2.45) is 34.5 Å². The number of benzene rings is 2.